The van der Waals surface area contributed by atoms with Gasteiger partial charge in [0, 0.05) is 17.7 Å². The number of nitrogens with zero attached hydrogens (tertiary/aromatic N) is 2. The van der Waals surface area contributed by atoms with Crippen LogP contribution in [0.5, 0.6) is 0 Å². The van der Waals surface area contributed by atoms with Crippen molar-refractivity contribution < 1.29 is 9.72 Å². The average Bonchev–Trinajstić information content (AvgIpc) is 2.96. The molecule has 0 bridgehead atoms. The summed E-state index contributed by atoms with van der Waals surface area (Å²) in [5.41, 5.74) is 4.06. The van der Waals surface area contributed by atoms with Crippen molar-refractivity contribution in [2.75, 3.05) is 0 Å². The Kier molecular flexibility index (Phi) is 3.28. The van der Waals surface area contributed by atoms with Crippen molar-refractivity contribution in [1.29, 1.82) is 0 Å². The lowest BCUT2D eigenvalue weighted by molar-refractivity contribution is -0.384. The van der Waals surface area contributed by atoms with Crippen LogP contribution < -0.4 is 11.3 Å². The molecule has 2 aromatic carbocycles. The minimum atomic E-state index is -0.476. The van der Waals surface area contributed by atoms with Crippen molar-refractivity contribution in [3.8, 4) is 11.4 Å². The molecular formula is C14H11N5O3. The molecule has 1 amide bonds. The van der Waals surface area contributed by atoms with E-state index in [0.29, 0.717) is 28.0 Å². The van der Waals surface area contributed by atoms with Crippen molar-refractivity contribution in [3.63, 3.8) is 0 Å². The number of fused-ring (bicyclic) bond motifs is 1. The maximum absolute atomic E-state index is 11.8. The van der Waals surface area contributed by atoms with Gasteiger partial charge in [0.15, 0.2) is 0 Å². The number of amides is 1. The Hall–Kier alpha value is -3.26. The molecule has 110 valence electrons. The Labute approximate surface area is 124 Å². The molecule has 22 heavy (non-hydrogen) atoms. The lowest BCUT2D eigenvalue weighted by Crippen LogP contribution is -2.30. The third-order valence-electron chi connectivity index (χ3n) is 3.23. The van der Waals surface area contributed by atoms with Gasteiger partial charge in [-0.25, -0.2) is 10.8 Å². The summed E-state index contributed by atoms with van der Waals surface area (Å²) in [4.78, 5) is 29.5. The minimum Gasteiger partial charge on any atom is -0.338 e. The van der Waals surface area contributed by atoms with Gasteiger partial charge in [0.1, 0.15) is 5.82 Å². The van der Waals surface area contributed by atoms with Crippen molar-refractivity contribution in [1.82, 2.24) is 15.4 Å². The molecule has 0 spiro atoms. The van der Waals surface area contributed by atoms with Gasteiger partial charge in [-0.1, -0.05) is 18.2 Å². The summed E-state index contributed by atoms with van der Waals surface area (Å²) in [5, 5.41) is 10.8. The number of aromatic amines is 1. The molecule has 0 aliphatic rings. The van der Waals surface area contributed by atoms with Gasteiger partial charge >= 0.3 is 0 Å². The van der Waals surface area contributed by atoms with Gasteiger partial charge in [-0.3, -0.25) is 20.3 Å². The van der Waals surface area contributed by atoms with Gasteiger partial charge in [-0.05, 0) is 12.1 Å². The standard InChI is InChI=1S/C14H11N5O3/c15-18-14(20)10-4-2-1-3-9(10)13-16-11-6-5-8(19(21)22)7-12(11)17-13/h1-7H,15H2,(H,16,17)(H,18,20). The number of rotatable bonds is 3. The van der Waals surface area contributed by atoms with Crippen LogP contribution in [0.3, 0.4) is 0 Å². The first-order chi connectivity index (χ1) is 10.6. The van der Waals surface area contributed by atoms with Crippen LogP contribution >= 0.6 is 0 Å². The van der Waals surface area contributed by atoms with Crippen LogP contribution in [-0.4, -0.2) is 20.8 Å². The molecule has 0 saturated carbocycles. The van der Waals surface area contributed by atoms with Crippen LogP contribution in [0.4, 0.5) is 5.69 Å². The summed E-state index contributed by atoms with van der Waals surface area (Å²) in [7, 11) is 0. The maximum atomic E-state index is 11.8. The Morgan fingerprint density at radius 2 is 2.05 bits per heavy atom. The van der Waals surface area contributed by atoms with Crippen LogP contribution in [0.1, 0.15) is 10.4 Å². The second-order valence-electron chi connectivity index (χ2n) is 4.56. The van der Waals surface area contributed by atoms with E-state index in [1.807, 2.05) is 0 Å². The highest BCUT2D eigenvalue weighted by atomic mass is 16.6. The molecule has 4 N–H and O–H groups in total. The molecular weight excluding hydrogens is 286 g/mol. The molecule has 0 aliphatic carbocycles. The quantitative estimate of drug-likeness (QED) is 0.294. The van der Waals surface area contributed by atoms with Gasteiger partial charge in [0.2, 0.25) is 0 Å². The highest BCUT2D eigenvalue weighted by Gasteiger charge is 2.15. The van der Waals surface area contributed by atoms with E-state index < -0.39 is 10.8 Å². The molecule has 0 aliphatic heterocycles. The van der Waals surface area contributed by atoms with Gasteiger partial charge < -0.3 is 4.98 Å². The number of nitrogens with one attached hydrogen (secondary N) is 2. The lowest BCUT2D eigenvalue weighted by Gasteiger charge is -2.05. The number of hydrogen-bond acceptors (Lipinski definition) is 5. The molecule has 0 radical (unpaired) electrons. The predicted molar refractivity (Wildman–Crippen MR) is 79.8 cm³/mol. The number of nitrogen functional groups attached to an aromatic ring is 1. The number of hydrogen-bond donors (Lipinski definition) is 3. The Balaban J connectivity index is 2.15. The van der Waals surface area contributed by atoms with Gasteiger partial charge in [0.25, 0.3) is 11.6 Å². The number of carbonyl (C=O) groups is 1. The Bertz CT molecular complexity index is 887. The van der Waals surface area contributed by atoms with Crippen molar-refractivity contribution in [2.24, 2.45) is 5.84 Å². The molecule has 0 fully saturated rings. The number of H-pyrrole nitrogens is 1. The second kappa shape index (κ2) is 5.26. The number of aromatic nitrogens is 2. The van der Waals surface area contributed by atoms with Crippen molar-refractivity contribution >= 4 is 22.6 Å². The van der Waals surface area contributed by atoms with Crippen molar-refractivity contribution in [2.45, 2.75) is 0 Å². The number of nitro benzene ring substituents is 1. The summed E-state index contributed by atoms with van der Waals surface area (Å²) >= 11 is 0. The molecule has 1 aromatic heterocycles. The number of non-ortho nitro benzene ring substituents is 1. The monoisotopic (exact) mass is 297 g/mol. The third kappa shape index (κ3) is 2.27. The molecule has 3 rings (SSSR count). The molecule has 0 atom stereocenters. The second-order valence-corrected chi connectivity index (χ2v) is 4.56. The number of benzene rings is 2. The first kappa shape index (κ1) is 13.7. The third-order valence-corrected chi connectivity index (χ3v) is 3.23. The largest absolute Gasteiger partial charge is 0.338 e. The minimum absolute atomic E-state index is 0.0318. The maximum Gasteiger partial charge on any atom is 0.271 e. The Morgan fingerprint density at radius 1 is 1.27 bits per heavy atom. The van der Waals surface area contributed by atoms with Crippen LogP contribution in [0.15, 0.2) is 42.5 Å². The zero-order valence-corrected chi connectivity index (χ0v) is 11.2. The fraction of sp³-hybridized carbons (Fsp3) is 0. The summed E-state index contributed by atoms with van der Waals surface area (Å²) in [6.45, 7) is 0. The van der Waals surface area contributed by atoms with Crippen LogP contribution in [0.25, 0.3) is 22.4 Å². The van der Waals surface area contributed by atoms with Gasteiger partial charge in [0.05, 0.1) is 21.5 Å². The number of carbonyl (C=O) groups excluding carboxylic acids is 1. The topological polar surface area (TPSA) is 127 Å². The average molecular weight is 297 g/mol. The van der Waals surface area contributed by atoms with Gasteiger partial charge in [-0.15, -0.1) is 0 Å². The zero-order chi connectivity index (χ0) is 15.7. The first-order valence-electron chi connectivity index (χ1n) is 6.34. The lowest BCUT2D eigenvalue weighted by atomic mass is 10.1. The molecule has 0 saturated heterocycles. The van der Waals surface area contributed by atoms with E-state index in [1.54, 1.807) is 30.3 Å². The summed E-state index contributed by atoms with van der Waals surface area (Å²) in [6.07, 6.45) is 0. The van der Waals surface area contributed by atoms with E-state index in [0.717, 1.165) is 0 Å². The normalized spacial score (nSPS) is 10.6. The zero-order valence-electron chi connectivity index (χ0n) is 11.2. The highest BCUT2D eigenvalue weighted by Crippen LogP contribution is 2.26. The van der Waals surface area contributed by atoms with E-state index in [1.165, 1.54) is 12.1 Å². The molecule has 8 nitrogen and oxygen atoms in total. The summed E-state index contributed by atoms with van der Waals surface area (Å²) in [5.74, 6) is 5.17. The SMILES string of the molecule is NNC(=O)c1ccccc1-c1nc2ccc([N+](=O)[O-])cc2[nH]1. The van der Waals surface area contributed by atoms with Gasteiger partial charge in [-0.2, -0.15) is 0 Å². The number of hydrazine groups is 1. The number of nitrogens with two attached hydrogens (primary N) is 1. The first-order valence-corrected chi connectivity index (χ1v) is 6.34. The van der Waals surface area contributed by atoms with Crippen molar-refractivity contribution in [3.05, 3.63) is 58.1 Å². The van der Waals surface area contributed by atoms with E-state index in [-0.39, 0.29) is 5.69 Å². The number of nitro groups is 1. The molecule has 3 aromatic rings. The van der Waals surface area contributed by atoms with E-state index in [2.05, 4.69) is 15.4 Å². The van der Waals surface area contributed by atoms with Crippen LogP contribution in [-0.2, 0) is 0 Å². The molecule has 1 heterocycles. The smallest absolute Gasteiger partial charge is 0.271 e. The molecule has 8 heteroatoms. The van der Waals surface area contributed by atoms with E-state index >= 15 is 0 Å². The van der Waals surface area contributed by atoms with E-state index in [4.69, 9.17) is 5.84 Å². The summed E-state index contributed by atoms with van der Waals surface area (Å²) in [6, 6.07) is 11.1. The highest BCUT2D eigenvalue weighted by molar-refractivity contribution is 6.00. The predicted octanol–water partition coefficient (Wildman–Crippen LogP) is 1.74. The summed E-state index contributed by atoms with van der Waals surface area (Å²) < 4.78 is 0. The fourth-order valence-electron chi connectivity index (χ4n) is 2.20. The fourth-order valence-corrected chi connectivity index (χ4v) is 2.20. The number of imidazole rings is 1. The van der Waals surface area contributed by atoms with E-state index in [9.17, 15) is 14.9 Å². The Morgan fingerprint density at radius 3 is 2.77 bits per heavy atom. The van der Waals surface area contributed by atoms with Crippen LogP contribution in [0, 0.1) is 10.1 Å². The molecule has 0 unspecified atom stereocenters. The van der Waals surface area contributed by atoms with Crippen LogP contribution in [0.2, 0.25) is 0 Å².